The summed E-state index contributed by atoms with van der Waals surface area (Å²) >= 11 is 0. The predicted octanol–water partition coefficient (Wildman–Crippen LogP) is 0.684. The van der Waals surface area contributed by atoms with E-state index >= 15 is 0 Å². The van der Waals surface area contributed by atoms with Gasteiger partial charge in [0.25, 0.3) is 0 Å². The average Bonchev–Trinajstić information content (AvgIpc) is 2.31. The van der Waals surface area contributed by atoms with Gasteiger partial charge < -0.3 is 4.74 Å². The Bertz CT molecular complexity index is 372. The molecular weight excluding hydrogens is 250 g/mol. The second-order valence-corrected chi connectivity index (χ2v) is 4.73. The summed E-state index contributed by atoms with van der Waals surface area (Å²) in [5.74, 6) is -1.34. The number of likely N-dealkylation sites (tertiary alicyclic amines) is 1. The van der Waals surface area contributed by atoms with E-state index in [0.717, 1.165) is 4.90 Å². The number of carbonyl (C=O) groups excluding carboxylic acids is 4. The van der Waals surface area contributed by atoms with Gasteiger partial charge in [-0.05, 0) is 12.8 Å². The predicted molar refractivity (Wildman–Crippen MR) is 66.0 cm³/mol. The summed E-state index contributed by atoms with van der Waals surface area (Å²) in [5, 5.41) is 0. The molecule has 1 aliphatic rings. The molecule has 1 rings (SSSR count). The van der Waals surface area contributed by atoms with E-state index in [1.807, 2.05) is 6.92 Å². The minimum absolute atomic E-state index is 0.00849. The first kappa shape index (κ1) is 15.3. The van der Waals surface area contributed by atoms with Gasteiger partial charge in [0.15, 0.2) is 5.78 Å². The number of piperidine rings is 1. The summed E-state index contributed by atoms with van der Waals surface area (Å²) in [6.45, 7) is 3.56. The first-order valence-electron chi connectivity index (χ1n) is 6.44. The molecule has 1 aliphatic heterocycles. The first-order valence-corrected chi connectivity index (χ1v) is 6.44. The van der Waals surface area contributed by atoms with Crippen LogP contribution < -0.4 is 0 Å². The van der Waals surface area contributed by atoms with Crippen LogP contribution in [0.2, 0.25) is 0 Å². The third-order valence-corrected chi connectivity index (χ3v) is 2.90. The van der Waals surface area contributed by atoms with Crippen LogP contribution >= 0.6 is 0 Å². The Morgan fingerprint density at radius 2 is 1.79 bits per heavy atom. The van der Waals surface area contributed by atoms with Crippen molar-refractivity contribution in [3.63, 3.8) is 0 Å². The molecule has 0 aromatic carbocycles. The van der Waals surface area contributed by atoms with Gasteiger partial charge in [0.05, 0.1) is 19.6 Å². The van der Waals surface area contributed by atoms with Crippen LogP contribution in [0.4, 0.5) is 0 Å². The van der Waals surface area contributed by atoms with Gasteiger partial charge >= 0.3 is 5.97 Å². The highest BCUT2D eigenvalue weighted by Gasteiger charge is 2.31. The summed E-state index contributed by atoms with van der Waals surface area (Å²) in [5.41, 5.74) is 0. The van der Waals surface area contributed by atoms with Crippen molar-refractivity contribution in [2.45, 2.75) is 39.5 Å². The molecule has 0 spiro atoms. The van der Waals surface area contributed by atoms with Gasteiger partial charge in [-0.1, -0.05) is 6.92 Å². The Kier molecular flexibility index (Phi) is 5.66. The lowest BCUT2D eigenvalue weighted by Gasteiger charge is -2.27. The first-order chi connectivity index (χ1) is 8.93. The topological polar surface area (TPSA) is 80.8 Å². The van der Waals surface area contributed by atoms with Gasteiger partial charge in [0.1, 0.15) is 0 Å². The maximum Gasteiger partial charge on any atom is 0.306 e. The lowest BCUT2D eigenvalue weighted by Crippen LogP contribution is -2.45. The Labute approximate surface area is 112 Å². The van der Waals surface area contributed by atoms with Gasteiger partial charge in [0, 0.05) is 19.3 Å². The minimum Gasteiger partial charge on any atom is -0.466 e. The van der Waals surface area contributed by atoms with Gasteiger partial charge in [-0.3, -0.25) is 24.1 Å². The molecule has 0 atom stereocenters. The van der Waals surface area contributed by atoms with Crippen LogP contribution in [0.25, 0.3) is 0 Å². The Hall–Kier alpha value is -1.72. The van der Waals surface area contributed by atoms with Crippen LogP contribution in [0.3, 0.4) is 0 Å². The molecule has 0 saturated carbocycles. The molecule has 0 N–H and O–H groups in total. The summed E-state index contributed by atoms with van der Waals surface area (Å²) in [4.78, 5) is 47.0. The third kappa shape index (κ3) is 4.81. The molecule has 2 amide bonds. The van der Waals surface area contributed by atoms with Gasteiger partial charge in [-0.25, -0.2) is 0 Å². The molecule has 6 heteroatoms. The van der Waals surface area contributed by atoms with Crippen molar-refractivity contribution in [2.24, 2.45) is 5.92 Å². The third-order valence-electron chi connectivity index (χ3n) is 2.90. The number of ketones is 1. The fraction of sp³-hybridized carbons (Fsp3) is 0.692. The monoisotopic (exact) mass is 269 g/mol. The van der Waals surface area contributed by atoms with E-state index < -0.39 is 5.97 Å². The molecule has 1 heterocycles. The van der Waals surface area contributed by atoms with Gasteiger partial charge in [-0.15, -0.1) is 0 Å². The quantitative estimate of drug-likeness (QED) is 0.523. The summed E-state index contributed by atoms with van der Waals surface area (Å²) < 4.78 is 4.70. The molecule has 0 bridgehead atoms. The largest absolute Gasteiger partial charge is 0.466 e. The van der Waals surface area contributed by atoms with Crippen molar-refractivity contribution in [2.75, 3.05) is 13.2 Å². The van der Waals surface area contributed by atoms with E-state index in [4.69, 9.17) is 4.74 Å². The minimum atomic E-state index is -0.444. The summed E-state index contributed by atoms with van der Waals surface area (Å²) in [7, 11) is 0. The van der Waals surface area contributed by atoms with Crippen molar-refractivity contribution in [3.05, 3.63) is 0 Å². The molecule has 6 nitrogen and oxygen atoms in total. The lowest BCUT2D eigenvalue weighted by atomic mass is 9.97. The summed E-state index contributed by atoms with van der Waals surface area (Å²) in [6, 6.07) is 0. The molecule has 1 fully saturated rings. The van der Waals surface area contributed by atoms with Gasteiger partial charge in [-0.2, -0.15) is 0 Å². The second-order valence-electron chi connectivity index (χ2n) is 4.73. The fourth-order valence-electron chi connectivity index (χ4n) is 1.93. The zero-order valence-electron chi connectivity index (χ0n) is 11.3. The molecule has 0 aliphatic carbocycles. The smallest absolute Gasteiger partial charge is 0.306 e. The number of ether oxygens (including phenoxy) is 1. The van der Waals surface area contributed by atoms with E-state index in [-0.39, 0.29) is 62.4 Å². The van der Waals surface area contributed by atoms with Crippen LogP contribution in [0.5, 0.6) is 0 Å². The number of rotatable bonds is 6. The summed E-state index contributed by atoms with van der Waals surface area (Å²) in [6.07, 6.45) is 0.554. The number of imide groups is 1. The number of esters is 1. The van der Waals surface area contributed by atoms with Crippen LogP contribution in [0.15, 0.2) is 0 Å². The highest BCUT2D eigenvalue weighted by atomic mass is 16.5. The van der Waals surface area contributed by atoms with Crippen molar-refractivity contribution in [1.29, 1.82) is 0 Å². The maximum atomic E-state index is 11.7. The molecule has 0 aromatic heterocycles. The highest BCUT2D eigenvalue weighted by molar-refractivity contribution is 6.01. The zero-order valence-corrected chi connectivity index (χ0v) is 11.3. The lowest BCUT2D eigenvalue weighted by molar-refractivity contribution is -0.152. The van der Waals surface area contributed by atoms with Crippen molar-refractivity contribution < 1.29 is 23.9 Å². The fourth-order valence-corrected chi connectivity index (χ4v) is 1.93. The molecule has 19 heavy (non-hydrogen) atoms. The van der Waals surface area contributed by atoms with Crippen molar-refractivity contribution in [3.8, 4) is 0 Å². The van der Waals surface area contributed by atoms with Crippen molar-refractivity contribution in [1.82, 2.24) is 4.90 Å². The average molecular weight is 269 g/mol. The number of Topliss-reactive ketones (excluding diaryl/α,β-unsaturated/α-hetero) is 1. The SMILES string of the molecule is CCOC(=O)CCC(=O)CN1C(=O)CC(C)CC1=O. The van der Waals surface area contributed by atoms with Crippen LogP contribution in [-0.2, 0) is 23.9 Å². The van der Waals surface area contributed by atoms with E-state index in [1.165, 1.54) is 0 Å². The Morgan fingerprint density at radius 1 is 1.21 bits per heavy atom. The maximum absolute atomic E-state index is 11.7. The second kappa shape index (κ2) is 7.01. The van der Waals surface area contributed by atoms with Gasteiger partial charge in [0.2, 0.25) is 11.8 Å². The highest BCUT2D eigenvalue weighted by Crippen LogP contribution is 2.18. The number of hydrogen-bond acceptors (Lipinski definition) is 5. The molecule has 0 aromatic rings. The molecule has 0 unspecified atom stereocenters. The number of amides is 2. The molecule has 0 radical (unpaired) electrons. The standard InChI is InChI=1S/C13H19NO5/c1-3-19-13(18)5-4-10(15)8-14-11(16)6-9(2)7-12(14)17/h9H,3-8H2,1-2H3. The molecule has 106 valence electrons. The molecular formula is C13H19NO5. The van der Waals surface area contributed by atoms with E-state index in [0.29, 0.717) is 0 Å². The normalized spacial score (nSPS) is 16.6. The Balaban J connectivity index is 2.41. The molecule has 1 saturated heterocycles. The van der Waals surface area contributed by atoms with Crippen LogP contribution in [-0.4, -0.2) is 41.6 Å². The van der Waals surface area contributed by atoms with E-state index in [9.17, 15) is 19.2 Å². The van der Waals surface area contributed by atoms with Crippen LogP contribution in [0.1, 0.15) is 39.5 Å². The number of hydrogen-bond donors (Lipinski definition) is 0. The van der Waals surface area contributed by atoms with Crippen LogP contribution in [0, 0.1) is 5.92 Å². The van der Waals surface area contributed by atoms with Crippen molar-refractivity contribution >= 4 is 23.6 Å². The van der Waals surface area contributed by atoms with E-state index in [1.54, 1.807) is 6.92 Å². The Morgan fingerprint density at radius 3 is 2.32 bits per heavy atom. The van der Waals surface area contributed by atoms with E-state index in [2.05, 4.69) is 0 Å². The zero-order chi connectivity index (χ0) is 14.4. The number of nitrogens with zero attached hydrogens (tertiary/aromatic N) is 1. The number of carbonyl (C=O) groups is 4.